The van der Waals surface area contributed by atoms with Gasteiger partial charge in [0.25, 0.3) is 11.8 Å². The first-order valence-corrected chi connectivity index (χ1v) is 12.7. The highest BCUT2D eigenvalue weighted by Gasteiger charge is 2.50. The van der Waals surface area contributed by atoms with Crippen molar-refractivity contribution in [1.29, 1.82) is 0 Å². The number of fused-ring (bicyclic) bond motifs is 3. The quantitative estimate of drug-likeness (QED) is 0.482. The number of carbonyl (C=O) groups is 2. The molecule has 2 aromatic heterocycles. The number of aromatic nitrogens is 2. The van der Waals surface area contributed by atoms with Gasteiger partial charge in [-0.2, -0.15) is 8.78 Å². The molecule has 0 bridgehead atoms. The number of hydrogen-bond acceptors (Lipinski definition) is 5. The van der Waals surface area contributed by atoms with Gasteiger partial charge in [0.05, 0.1) is 12.5 Å². The van der Waals surface area contributed by atoms with Gasteiger partial charge in [-0.05, 0) is 61.7 Å². The van der Waals surface area contributed by atoms with Crippen molar-refractivity contribution in [3.8, 4) is 11.1 Å². The fourth-order valence-electron chi connectivity index (χ4n) is 5.37. The van der Waals surface area contributed by atoms with Gasteiger partial charge in [-0.3, -0.25) is 19.5 Å². The third-order valence-corrected chi connectivity index (χ3v) is 7.72. The second kappa shape index (κ2) is 9.54. The van der Waals surface area contributed by atoms with Crippen LogP contribution < -0.4 is 10.2 Å². The monoisotopic (exact) mass is 520 g/mol. The Bertz CT molecular complexity index is 1420. The minimum Gasteiger partial charge on any atom is -0.381 e. The molecule has 0 spiro atoms. The first-order valence-electron chi connectivity index (χ1n) is 12.7. The van der Waals surface area contributed by atoms with Crippen molar-refractivity contribution in [3.63, 3.8) is 0 Å². The molecule has 1 saturated heterocycles. The van der Waals surface area contributed by atoms with E-state index in [1.807, 2.05) is 26.0 Å². The number of nitrogens with one attached hydrogen (secondary N) is 1. The van der Waals surface area contributed by atoms with Crippen molar-refractivity contribution in [1.82, 2.24) is 9.97 Å². The number of alkyl halides is 2. The number of ether oxygens (including phenoxy) is 1. The number of nitrogens with zero attached hydrogens (tertiary/aromatic N) is 3. The van der Waals surface area contributed by atoms with Crippen LogP contribution in [-0.4, -0.2) is 41.5 Å². The van der Waals surface area contributed by atoms with E-state index in [0.29, 0.717) is 31.3 Å². The van der Waals surface area contributed by atoms with Crippen LogP contribution in [0, 0.1) is 12.8 Å². The van der Waals surface area contributed by atoms with E-state index >= 15 is 0 Å². The number of aryl methyl sites for hydroxylation is 1. The summed E-state index contributed by atoms with van der Waals surface area (Å²) in [6, 6.07) is 10.1. The molecule has 38 heavy (non-hydrogen) atoms. The smallest absolute Gasteiger partial charge is 0.286 e. The molecule has 1 N–H and O–H groups in total. The Labute approximate surface area is 220 Å². The normalized spacial score (nSPS) is 21.1. The average Bonchev–Trinajstić information content (AvgIpc) is 2.89. The van der Waals surface area contributed by atoms with Gasteiger partial charge in [0.2, 0.25) is 5.91 Å². The predicted molar refractivity (Wildman–Crippen MR) is 140 cm³/mol. The Hall–Kier alpha value is -3.72. The van der Waals surface area contributed by atoms with Crippen molar-refractivity contribution in [2.45, 2.75) is 45.5 Å². The van der Waals surface area contributed by atoms with E-state index in [9.17, 15) is 18.4 Å². The molecule has 0 unspecified atom stereocenters. The van der Waals surface area contributed by atoms with E-state index in [1.54, 1.807) is 17.2 Å². The molecule has 7 nitrogen and oxygen atoms in total. The molecule has 2 aliphatic rings. The fourth-order valence-corrected chi connectivity index (χ4v) is 5.37. The van der Waals surface area contributed by atoms with Crippen LogP contribution >= 0.6 is 0 Å². The number of rotatable bonds is 5. The van der Waals surface area contributed by atoms with Crippen molar-refractivity contribution < 1.29 is 23.1 Å². The van der Waals surface area contributed by atoms with Gasteiger partial charge in [0.1, 0.15) is 11.5 Å². The lowest BCUT2D eigenvalue weighted by Gasteiger charge is -2.47. The van der Waals surface area contributed by atoms with Gasteiger partial charge >= 0.3 is 0 Å². The van der Waals surface area contributed by atoms with Gasteiger partial charge in [-0.25, -0.2) is 4.98 Å². The number of benzene rings is 1. The largest absolute Gasteiger partial charge is 0.381 e. The van der Waals surface area contributed by atoms with Gasteiger partial charge in [0.15, 0.2) is 0 Å². The van der Waals surface area contributed by atoms with E-state index in [1.165, 1.54) is 12.3 Å². The molecule has 9 heteroatoms. The fraction of sp³-hybridized carbons (Fsp3) is 0.379. The lowest BCUT2D eigenvalue weighted by atomic mass is 9.66. The van der Waals surface area contributed by atoms with Crippen LogP contribution in [0.1, 0.15) is 54.4 Å². The minimum absolute atomic E-state index is 0.0449. The number of carbonyl (C=O) groups excluding carboxylic acids is 2. The first-order chi connectivity index (χ1) is 18.0. The maximum absolute atomic E-state index is 13.7. The molecular formula is C29H30F2N4O3. The summed E-state index contributed by atoms with van der Waals surface area (Å²) in [5.41, 5.74) is 3.51. The summed E-state index contributed by atoms with van der Waals surface area (Å²) in [6.45, 7) is 8.25. The summed E-state index contributed by atoms with van der Waals surface area (Å²) in [7, 11) is 0. The average molecular weight is 521 g/mol. The molecule has 1 aromatic carbocycles. The molecule has 5 rings (SSSR count). The molecule has 2 aliphatic heterocycles. The van der Waals surface area contributed by atoms with E-state index in [4.69, 9.17) is 9.72 Å². The molecule has 0 saturated carbocycles. The third kappa shape index (κ3) is 4.45. The maximum Gasteiger partial charge on any atom is 0.286 e. The summed E-state index contributed by atoms with van der Waals surface area (Å²) < 4.78 is 33.1. The lowest BCUT2D eigenvalue weighted by Crippen LogP contribution is -2.55. The van der Waals surface area contributed by atoms with Crippen molar-refractivity contribution in [2.24, 2.45) is 5.92 Å². The highest BCUT2D eigenvalue weighted by molar-refractivity contribution is 6.04. The van der Waals surface area contributed by atoms with Crippen LogP contribution in [0.3, 0.4) is 0 Å². The van der Waals surface area contributed by atoms with Crippen molar-refractivity contribution in [3.05, 3.63) is 71.2 Å². The first kappa shape index (κ1) is 25.9. The number of anilines is 2. The summed E-state index contributed by atoms with van der Waals surface area (Å²) in [5, 5.41) is 2.81. The minimum atomic E-state index is -3.15. The third-order valence-electron chi connectivity index (χ3n) is 7.72. The molecule has 0 aliphatic carbocycles. The van der Waals surface area contributed by atoms with E-state index in [0.717, 1.165) is 41.7 Å². The second-order valence-corrected chi connectivity index (χ2v) is 10.3. The molecule has 3 aromatic rings. The Morgan fingerprint density at radius 3 is 2.76 bits per heavy atom. The molecule has 198 valence electrons. The molecule has 2 amide bonds. The Morgan fingerprint density at radius 1 is 1.24 bits per heavy atom. The van der Waals surface area contributed by atoms with Crippen LogP contribution in [0.25, 0.3) is 11.1 Å². The molecule has 2 atom stereocenters. The highest BCUT2D eigenvalue weighted by Crippen LogP contribution is 2.48. The topological polar surface area (TPSA) is 84.4 Å². The predicted octanol–water partition coefficient (Wildman–Crippen LogP) is 5.48. The summed E-state index contributed by atoms with van der Waals surface area (Å²) in [6.07, 6.45) is 3.68. The van der Waals surface area contributed by atoms with Crippen LogP contribution in [0.5, 0.6) is 0 Å². The van der Waals surface area contributed by atoms with E-state index in [2.05, 4.69) is 23.3 Å². The zero-order chi connectivity index (χ0) is 27.2. The van der Waals surface area contributed by atoms with Gasteiger partial charge < -0.3 is 10.1 Å². The Balaban J connectivity index is 1.50. The zero-order valence-corrected chi connectivity index (χ0v) is 21.8. The highest BCUT2D eigenvalue weighted by atomic mass is 19.3. The number of pyridine rings is 2. The molecule has 0 radical (unpaired) electrons. The van der Waals surface area contributed by atoms with E-state index < -0.39 is 17.5 Å². The van der Waals surface area contributed by atoms with Crippen molar-refractivity contribution in [2.75, 3.05) is 30.0 Å². The number of amides is 2. The van der Waals surface area contributed by atoms with Crippen LogP contribution in [0.2, 0.25) is 0 Å². The van der Waals surface area contributed by atoms with Crippen LogP contribution in [0.4, 0.5) is 20.3 Å². The molecule has 1 fully saturated rings. The van der Waals surface area contributed by atoms with E-state index in [-0.39, 0.29) is 22.8 Å². The molecular weight excluding hydrogens is 490 g/mol. The van der Waals surface area contributed by atoms with Gasteiger partial charge in [-0.15, -0.1) is 0 Å². The summed E-state index contributed by atoms with van der Waals surface area (Å²) >= 11 is 0. The standard InChI is InChI=1S/C29H30F2N4O3/c1-5-35-25-22(28(3)9-11-38-16-23(28)27(35)37)12-19(15-33-25)21-14-20(7-6-17(21)2)34-26(36)18-8-10-32-24(13-18)29(4,30)31/h6-8,10,12-15,23H,5,9,11,16H2,1-4H3,(H,34,36)/t23-,28-/m0/s1. The van der Waals surface area contributed by atoms with Gasteiger partial charge in [0, 0.05) is 60.3 Å². The van der Waals surface area contributed by atoms with Gasteiger partial charge in [-0.1, -0.05) is 13.0 Å². The SMILES string of the molecule is CCN1C(=O)[C@@H]2COCC[C@@]2(C)c2cc(-c3cc(NC(=O)c4ccnc(C(C)(F)F)c4)ccc3C)cnc21. The Morgan fingerprint density at radius 2 is 2.03 bits per heavy atom. The van der Waals surface area contributed by atoms with Crippen LogP contribution in [0.15, 0.2) is 48.8 Å². The summed E-state index contributed by atoms with van der Waals surface area (Å²) in [5.74, 6) is -3.20. The Kier molecular flexibility index (Phi) is 6.51. The maximum atomic E-state index is 13.7. The molecule has 4 heterocycles. The summed E-state index contributed by atoms with van der Waals surface area (Å²) in [4.78, 5) is 36.3. The lowest BCUT2D eigenvalue weighted by molar-refractivity contribution is -0.131. The second-order valence-electron chi connectivity index (χ2n) is 10.3. The van der Waals surface area contributed by atoms with Crippen molar-refractivity contribution >= 4 is 23.3 Å². The van der Waals surface area contributed by atoms with Crippen LogP contribution in [-0.2, 0) is 20.9 Å². The zero-order valence-electron chi connectivity index (χ0n) is 21.8. The number of halogens is 2. The number of hydrogen-bond donors (Lipinski definition) is 1.